The van der Waals surface area contributed by atoms with Crippen LogP contribution in [0.1, 0.15) is 31.8 Å². The summed E-state index contributed by atoms with van der Waals surface area (Å²) < 4.78 is 17.3. The molecule has 0 amide bonds. The molecular weight excluding hydrogens is 858 g/mol. The number of carboxylic acid groups (broad SMARTS) is 1. The number of methoxy groups -OCH3 is 1. The van der Waals surface area contributed by atoms with Crippen LogP contribution < -0.4 is 14.9 Å². The van der Waals surface area contributed by atoms with Crippen molar-refractivity contribution < 1.29 is 39.0 Å². The summed E-state index contributed by atoms with van der Waals surface area (Å²) in [4.78, 5) is 30.6. The molecule has 0 saturated heterocycles. The maximum Gasteiger partial charge on any atom is 0.489 e. The maximum atomic E-state index is 11.4. The van der Waals surface area contributed by atoms with Gasteiger partial charge in [0.25, 0.3) is 0 Å². The lowest BCUT2D eigenvalue weighted by Gasteiger charge is -2.10. The molecule has 0 spiro atoms. The van der Waals surface area contributed by atoms with Crippen LogP contribution in [0.15, 0.2) is 170 Å². The van der Waals surface area contributed by atoms with Crippen LogP contribution >= 0.6 is 22.6 Å². The largest absolute Gasteiger partial charge is 0.489 e. The number of carbonyl (C=O) groups is 2. The number of carboxylic acids is 1. The van der Waals surface area contributed by atoms with Crippen molar-refractivity contribution in [1.82, 2.24) is 9.97 Å². The third-order valence-corrected chi connectivity index (χ3v) is 9.70. The van der Waals surface area contributed by atoms with Crippen molar-refractivity contribution in [2.45, 2.75) is 13.2 Å². The number of hydrogen-bond acceptors (Lipinski definition) is 9. The monoisotopic (exact) mass is 896 g/mol. The Morgan fingerprint density at radius 2 is 1.15 bits per heavy atom. The van der Waals surface area contributed by atoms with E-state index < -0.39 is 13.1 Å². The number of aromatic nitrogens is 2. The molecular formula is C47H38BIN2O8. The summed E-state index contributed by atoms with van der Waals surface area (Å²) in [5, 5.41) is 31.2. The lowest BCUT2D eigenvalue weighted by atomic mass is 9.77. The summed E-state index contributed by atoms with van der Waals surface area (Å²) in [5.74, 6) is 0.271. The van der Waals surface area contributed by atoms with Crippen molar-refractivity contribution in [3.8, 4) is 22.6 Å². The molecule has 8 rings (SSSR count). The van der Waals surface area contributed by atoms with Gasteiger partial charge < -0.3 is 29.4 Å². The first-order chi connectivity index (χ1) is 28.7. The number of esters is 1. The van der Waals surface area contributed by atoms with E-state index in [-0.39, 0.29) is 11.5 Å². The van der Waals surface area contributed by atoms with Crippen molar-refractivity contribution >= 4 is 68.7 Å². The molecule has 0 fully saturated rings. The van der Waals surface area contributed by atoms with Gasteiger partial charge in [-0.3, -0.25) is 9.97 Å². The molecule has 8 aromatic rings. The van der Waals surface area contributed by atoms with Crippen molar-refractivity contribution in [3.05, 3.63) is 196 Å². The Morgan fingerprint density at radius 3 is 1.75 bits per heavy atom. The summed E-state index contributed by atoms with van der Waals surface area (Å²) in [7, 11) is -0.0528. The number of fused-ring (bicyclic) bond motifs is 2. The fourth-order valence-corrected chi connectivity index (χ4v) is 6.40. The number of ether oxygens (including phenoxy) is 3. The molecule has 2 aromatic heterocycles. The van der Waals surface area contributed by atoms with Crippen molar-refractivity contribution in [3.63, 3.8) is 0 Å². The Balaban J connectivity index is 0.000000159. The van der Waals surface area contributed by atoms with Gasteiger partial charge in [0.05, 0.1) is 18.2 Å². The summed E-state index contributed by atoms with van der Waals surface area (Å²) in [6.45, 7) is 0.742. The highest BCUT2D eigenvalue weighted by molar-refractivity contribution is 14.1. The zero-order chi connectivity index (χ0) is 41.6. The van der Waals surface area contributed by atoms with Gasteiger partial charge in [0.1, 0.15) is 24.7 Å². The molecule has 0 unspecified atom stereocenters. The number of hydrogen-bond donors (Lipinski definition) is 3. The average molecular weight is 897 g/mol. The molecule has 0 radical (unpaired) electrons. The third kappa shape index (κ3) is 11.7. The molecule has 294 valence electrons. The Kier molecular flexibility index (Phi) is 14.7. The molecule has 12 heteroatoms. The molecule has 0 saturated carbocycles. The van der Waals surface area contributed by atoms with Gasteiger partial charge >= 0.3 is 19.1 Å². The topological polar surface area (TPSA) is 148 Å². The predicted octanol–water partition coefficient (Wildman–Crippen LogP) is 8.75. The van der Waals surface area contributed by atoms with Crippen LogP contribution in [0.25, 0.3) is 32.7 Å². The van der Waals surface area contributed by atoms with Crippen LogP contribution in [0, 0.1) is 3.57 Å². The average Bonchev–Trinajstić information content (AvgIpc) is 3.28. The first-order valence-corrected chi connectivity index (χ1v) is 19.4. The van der Waals surface area contributed by atoms with E-state index in [0.29, 0.717) is 24.2 Å². The second-order valence-corrected chi connectivity index (χ2v) is 14.2. The van der Waals surface area contributed by atoms with Gasteiger partial charge in [0.15, 0.2) is 0 Å². The smallest absolute Gasteiger partial charge is 0.489 e. The summed E-state index contributed by atoms with van der Waals surface area (Å²) in [6.07, 6.45) is 6.99. The second-order valence-electron chi connectivity index (χ2n) is 13.0. The Morgan fingerprint density at radius 1 is 0.627 bits per heavy atom. The normalized spacial score (nSPS) is 10.4. The van der Waals surface area contributed by atoms with E-state index >= 15 is 0 Å². The highest BCUT2D eigenvalue weighted by Crippen LogP contribution is 2.29. The van der Waals surface area contributed by atoms with Crippen LogP contribution in [0.3, 0.4) is 0 Å². The Hall–Kier alpha value is -6.61. The molecule has 0 aliphatic heterocycles. The van der Waals surface area contributed by atoms with E-state index in [4.69, 9.17) is 24.6 Å². The molecule has 0 aliphatic rings. The summed E-state index contributed by atoms with van der Waals surface area (Å²) in [5.41, 5.74) is 5.31. The van der Waals surface area contributed by atoms with Gasteiger partial charge in [0.2, 0.25) is 0 Å². The van der Waals surface area contributed by atoms with E-state index in [1.165, 1.54) is 7.11 Å². The standard InChI is InChI=1S/C23H17NO3.C15H13IO3.C9H8BNO2/c25-23(26)18-4-1-3-16(13-18)15-27-20-9-7-17(8-10-20)21-6-2-5-19-14-24-12-11-22(19)21;1-18-15(17)12-4-2-3-11(9-12)10-19-14-7-5-13(16)6-8-14;12-10(13)9-3-1-2-7-6-11-5-4-8(7)9/h1-14H,15H2,(H,25,26);2-9H,10H2,1H3;1-6,12-13H. The summed E-state index contributed by atoms with van der Waals surface area (Å²) >= 11 is 2.25. The lowest BCUT2D eigenvalue weighted by Crippen LogP contribution is -2.30. The zero-order valence-electron chi connectivity index (χ0n) is 31.8. The fourth-order valence-electron chi connectivity index (χ4n) is 6.04. The first-order valence-electron chi connectivity index (χ1n) is 18.3. The molecule has 6 aromatic carbocycles. The van der Waals surface area contributed by atoms with Crippen molar-refractivity contribution in [2.24, 2.45) is 0 Å². The minimum absolute atomic E-state index is 0.261. The van der Waals surface area contributed by atoms with Crippen LogP contribution in [0.5, 0.6) is 11.5 Å². The van der Waals surface area contributed by atoms with Gasteiger partial charge in [-0.25, -0.2) is 9.59 Å². The van der Waals surface area contributed by atoms with Crippen LogP contribution in [0.4, 0.5) is 0 Å². The summed E-state index contributed by atoms with van der Waals surface area (Å²) in [6, 6.07) is 45.0. The molecule has 0 bridgehead atoms. The number of carbonyl (C=O) groups excluding carboxylic acids is 1. The highest BCUT2D eigenvalue weighted by Gasteiger charge is 2.13. The fraction of sp³-hybridized carbons (Fsp3) is 0.0638. The minimum Gasteiger partial charge on any atom is -0.489 e. The minimum atomic E-state index is -1.42. The van der Waals surface area contributed by atoms with E-state index in [0.717, 1.165) is 58.9 Å². The lowest BCUT2D eigenvalue weighted by molar-refractivity contribution is 0.0599. The number of benzene rings is 6. The van der Waals surface area contributed by atoms with Gasteiger partial charge in [-0.15, -0.1) is 0 Å². The molecule has 10 nitrogen and oxygen atoms in total. The van der Waals surface area contributed by atoms with E-state index in [1.807, 2.05) is 91.1 Å². The van der Waals surface area contributed by atoms with Crippen LogP contribution in [0.2, 0.25) is 0 Å². The molecule has 2 heterocycles. The first kappa shape index (κ1) is 42.0. The number of pyridine rings is 2. The molecule has 0 aliphatic carbocycles. The van der Waals surface area contributed by atoms with Crippen molar-refractivity contribution in [2.75, 3.05) is 7.11 Å². The van der Waals surface area contributed by atoms with Gasteiger partial charge in [-0.1, -0.05) is 72.8 Å². The number of rotatable bonds is 10. The molecule has 3 N–H and O–H groups in total. The predicted molar refractivity (Wildman–Crippen MR) is 238 cm³/mol. The van der Waals surface area contributed by atoms with Crippen molar-refractivity contribution in [1.29, 1.82) is 0 Å². The van der Waals surface area contributed by atoms with Gasteiger partial charge in [-0.2, -0.15) is 0 Å². The zero-order valence-corrected chi connectivity index (χ0v) is 34.0. The van der Waals surface area contributed by atoms with E-state index in [2.05, 4.69) is 49.4 Å². The van der Waals surface area contributed by atoms with Gasteiger partial charge in [-0.05, 0) is 139 Å². The SMILES string of the molecule is COC(=O)c1cccc(COc2ccc(I)cc2)c1.O=C(O)c1cccc(COc2ccc(-c3cccc4cnccc34)cc2)c1.OB(O)c1cccc2cnccc12. The molecule has 0 atom stereocenters. The van der Waals surface area contributed by atoms with Gasteiger partial charge in [0, 0.05) is 33.7 Å². The highest BCUT2D eigenvalue weighted by atomic mass is 127. The quantitative estimate of drug-likeness (QED) is 0.0692. The van der Waals surface area contributed by atoms with E-state index in [9.17, 15) is 9.59 Å². The maximum absolute atomic E-state index is 11.4. The van der Waals surface area contributed by atoms with E-state index in [1.54, 1.807) is 67.1 Å². The second kappa shape index (κ2) is 20.7. The molecule has 59 heavy (non-hydrogen) atoms. The number of nitrogens with zero attached hydrogens (tertiary/aromatic N) is 2. The van der Waals surface area contributed by atoms with Crippen LogP contribution in [-0.4, -0.2) is 51.3 Å². The third-order valence-electron chi connectivity index (χ3n) is 8.99. The number of aromatic carboxylic acids is 1. The Labute approximate surface area is 355 Å². The Bertz CT molecular complexity index is 2650. The number of halogens is 1. The van der Waals surface area contributed by atoms with Crippen LogP contribution in [-0.2, 0) is 18.0 Å².